The normalized spacial score (nSPS) is 13.5. The number of hydrogen-bond donors (Lipinski definition) is 2. The maximum atomic E-state index is 4.24. The van der Waals surface area contributed by atoms with E-state index in [4.69, 9.17) is 0 Å². The molecule has 0 aliphatic carbocycles. The molecule has 0 saturated carbocycles. The first-order valence-electron chi connectivity index (χ1n) is 7.94. The Balaban J connectivity index is 2.68. The van der Waals surface area contributed by atoms with Gasteiger partial charge < -0.3 is 10.6 Å². The van der Waals surface area contributed by atoms with E-state index in [2.05, 4.69) is 74.9 Å². The zero-order valence-corrected chi connectivity index (χ0v) is 13.7. The summed E-state index contributed by atoms with van der Waals surface area (Å²) in [6.45, 7) is 14.6. The van der Waals surface area contributed by atoms with Gasteiger partial charge in [-0.1, -0.05) is 70.7 Å². The third-order valence-electron chi connectivity index (χ3n) is 3.69. The summed E-state index contributed by atoms with van der Waals surface area (Å²) in [4.78, 5) is 0. The minimum atomic E-state index is 0.220. The van der Waals surface area contributed by atoms with Crippen LogP contribution in [-0.2, 0) is 6.42 Å². The monoisotopic (exact) mass is 286 g/mol. The Hall–Kier alpha value is -1.70. The summed E-state index contributed by atoms with van der Waals surface area (Å²) in [6, 6.07) is 11.3. The minimum absolute atomic E-state index is 0.220. The molecule has 2 N–H and O–H groups in total. The first kappa shape index (κ1) is 17.4. The average molecular weight is 286 g/mol. The number of hydrogen-bond acceptors (Lipinski definition) is 2. The van der Waals surface area contributed by atoms with E-state index in [1.807, 2.05) is 0 Å². The highest BCUT2D eigenvalue weighted by molar-refractivity contribution is 5.17. The van der Waals surface area contributed by atoms with E-state index < -0.39 is 0 Å². The van der Waals surface area contributed by atoms with E-state index in [0.29, 0.717) is 12.0 Å². The lowest BCUT2D eigenvalue weighted by Gasteiger charge is -2.29. The second kappa shape index (κ2) is 9.28. The summed E-state index contributed by atoms with van der Waals surface area (Å²) < 4.78 is 0. The van der Waals surface area contributed by atoms with Crippen LogP contribution in [-0.4, -0.2) is 12.1 Å². The van der Waals surface area contributed by atoms with Gasteiger partial charge in [0.25, 0.3) is 0 Å². The summed E-state index contributed by atoms with van der Waals surface area (Å²) in [5.41, 5.74) is 2.42. The Bertz CT molecular complexity index is 422. The van der Waals surface area contributed by atoms with E-state index in [-0.39, 0.29) is 6.04 Å². The molecule has 0 bridgehead atoms. The Morgan fingerprint density at radius 2 is 1.90 bits per heavy atom. The molecule has 21 heavy (non-hydrogen) atoms. The van der Waals surface area contributed by atoms with E-state index >= 15 is 0 Å². The summed E-state index contributed by atoms with van der Waals surface area (Å²) in [7, 11) is 0. The van der Waals surface area contributed by atoms with Gasteiger partial charge >= 0.3 is 0 Å². The van der Waals surface area contributed by atoms with Gasteiger partial charge in [0.2, 0.25) is 0 Å². The molecule has 1 aromatic rings. The summed E-state index contributed by atoms with van der Waals surface area (Å²) in [5.74, 6) is 0.474. The van der Waals surface area contributed by atoms with Crippen LogP contribution in [0.4, 0.5) is 0 Å². The quantitative estimate of drug-likeness (QED) is 0.671. The van der Waals surface area contributed by atoms with Crippen LogP contribution < -0.4 is 10.6 Å². The Morgan fingerprint density at radius 1 is 1.24 bits per heavy atom. The van der Waals surface area contributed by atoms with Crippen LogP contribution in [0.1, 0.15) is 39.2 Å². The van der Waals surface area contributed by atoms with Gasteiger partial charge in [-0.3, -0.25) is 0 Å². The number of nitrogens with one attached hydrogen (secondary N) is 2. The lowest BCUT2D eigenvalue weighted by molar-refractivity contribution is 0.430. The van der Waals surface area contributed by atoms with Crippen molar-refractivity contribution in [2.24, 2.45) is 5.92 Å². The molecule has 0 amide bonds. The van der Waals surface area contributed by atoms with Crippen LogP contribution >= 0.6 is 0 Å². The molecule has 2 heteroatoms. The Kier molecular flexibility index (Phi) is 7.66. The highest BCUT2D eigenvalue weighted by atomic mass is 15.0. The average Bonchev–Trinajstić information content (AvgIpc) is 2.45. The summed E-state index contributed by atoms with van der Waals surface area (Å²) in [6.07, 6.45) is 5.10. The van der Waals surface area contributed by atoms with Crippen LogP contribution in [0.2, 0.25) is 0 Å². The van der Waals surface area contributed by atoms with Crippen molar-refractivity contribution in [1.82, 2.24) is 10.6 Å². The van der Waals surface area contributed by atoms with Crippen LogP contribution in [0.5, 0.6) is 0 Å². The molecule has 2 atom stereocenters. The fourth-order valence-electron chi connectivity index (χ4n) is 2.65. The van der Waals surface area contributed by atoms with Gasteiger partial charge in [-0.15, -0.1) is 0 Å². The van der Waals surface area contributed by atoms with Crippen molar-refractivity contribution in [3.05, 3.63) is 61.0 Å². The van der Waals surface area contributed by atoms with E-state index in [1.165, 1.54) is 12.0 Å². The molecule has 0 saturated heterocycles. The van der Waals surface area contributed by atoms with Crippen molar-refractivity contribution in [2.75, 3.05) is 0 Å². The molecule has 0 aliphatic rings. The Morgan fingerprint density at radius 3 is 2.43 bits per heavy atom. The zero-order valence-electron chi connectivity index (χ0n) is 13.7. The molecule has 1 rings (SSSR count). The van der Waals surface area contributed by atoms with Gasteiger partial charge in [0.05, 0.1) is 6.04 Å². The molecule has 2 nitrogen and oxygen atoms in total. The van der Waals surface area contributed by atoms with Gasteiger partial charge in [0, 0.05) is 11.7 Å². The number of benzene rings is 1. The van der Waals surface area contributed by atoms with Gasteiger partial charge in [-0.05, 0) is 30.5 Å². The topological polar surface area (TPSA) is 24.1 Å². The second-order valence-corrected chi connectivity index (χ2v) is 5.94. The molecule has 2 unspecified atom stereocenters. The van der Waals surface area contributed by atoms with E-state index in [1.54, 1.807) is 6.20 Å². The molecule has 0 fully saturated rings. The zero-order chi connectivity index (χ0) is 15.7. The van der Waals surface area contributed by atoms with Gasteiger partial charge in [0.1, 0.15) is 0 Å². The van der Waals surface area contributed by atoms with Crippen molar-refractivity contribution < 1.29 is 0 Å². The maximum absolute atomic E-state index is 4.24. The van der Waals surface area contributed by atoms with Crippen LogP contribution in [0.3, 0.4) is 0 Å². The molecular formula is C19H30N2. The van der Waals surface area contributed by atoms with E-state index in [0.717, 1.165) is 18.5 Å². The fourth-order valence-corrected chi connectivity index (χ4v) is 2.65. The molecule has 0 aromatic heterocycles. The molecular weight excluding hydrogens is 256 g/mol. The predicted molar refractivity (Wildman–Crippen MR) is 93.1 cm³/mol. The fraction of sp³-hybridized carbons (Fsp3) is 0.474. The van der Waals surface area contributed by atoms with Crippen molar-refractivity contribution >= 4 is 0 Å². The van der Waals surface area contributed by atoms with Crippen molar-refractivity contribution in [1.29, 1.82) is 0 Å². The first-order chi connectivity index (χ1) is 10.1. The highest BCUT2D eigenvalue weighted by Gasteiger charge is 2.18. The third-order valence-corrected chi connectivity index (χ3v) is 3.69. The van der Waals surface area contributed by atoms with Crippen LogP contribution in [0.15, 0.2) is 55.4 Å². The molecule has 0 spiro atoms. The first-order valence-corrected chi connectivity index (χ1v) is 7.94. The third kappa shape index (κ3) is 6.07. The largest absolute Gasteiger partial charge is 0.384 e. The lowest BCUT2D eigenvalue weighted by Crippen LogP contribution is -2.41. The van der Waals surface area contributed by atoms with Gasteiger partial charge in [-0.25, -0.2) is 0 Å². The minimum Gasteiger partial charge on any atom is -0.384 e. The van der Waals surface area contributed by atoms with Crippen molar-refractivity contribution in [2.45, 2.75) is 52.1 Å². The number of rotatable bonds is 10. The standard InChI is InChI=1S/C19H30N2/c1-6-11-18(14-17-12-9-8-10-13-17)21-16(5)19(15(3)4)20-7-2/h7-10,12-13,15,18-21H,2,5-6,11,14H2,1,3-4H3. The molecule has 116 valence electrons. The van der Waals surface area contributed by atoms with Gasteiger partial charge in [0.15, 0.2) is 0 Å². The molecule has 0 aliphatic heterocycles. The van der Waals surface area contributed by atoms with Crippen molar-refractivity contribution in [3.8, 4) is 0 Å². The second-order valence-electron chi connectivity index (χ2n) is 5.94. The predicted octanol–water partition coefficient (Wildman–Crippen LogP) is 4.26. The summed E-state index contributed by atoms with van der Waals surface area (Å²) >= 11 is 0. The summed E-state index contributed by atoms with van der Waals surface area (Å²) in [5, 5.41) is 6.92. The molecule has 1 aromatic carbocycles. The molecule has 0 radical (unpaired) electrons. The maximum Gasteiger partial charge on any atom is 0.0671 e. The highest BCUT2D eigenvalue weighted by Crippen LogP contribution is 2.13. The van der Waals surface area contributed by atoms with Crippen molar-refractivity contribution in [3.63, 3.8) is 0 Å². The van der Waals surface area contributed by atoms with Gasteiger partial charge in [-0.2, -0.15) is 0 Å². The van der Waals surface area contributed by atoms with Crippen LogP contribution in [0, 0.1) is 5.92 Å². The molecule has 0 heterocycles. The SMILES string of the molecule is C=CNC(C(=C)NC(CCC)Cc1ccccc1)C(C)C. The Labute approximate surface area is 130 Å². The smallest absolute Gasteiger partial charge is 0.0671 e. The van der Waals surface area contributed by atoms with E-state index in [9.17, 15) is 0 Å². The lowest BCUT2D eigenvalue weighted by atomic mass is 9.98. The van der Waals surface area contributed by atoms with Crippen LogP contribution in [0.25, 0.3) is 0 Å².